The lowest BCUT2D eigenvalue weighted by atomic mass is 10.1. The van der Waals surface area contributed by atoms with E-state index in [0.29, 0.717) is 18.7 Å². The van der Waals surface area contributed by atoms with Gasteiger partial charge >= 0.3 is 0 Å². The minimum Gasteiger partial charge on any atom is -0.374 e. The highest BCUT2D eigenvalue weighted by molar-refractivity contribution is 8.13. The van der Waals surface area contributed by atoms with Crippen molar-refractivity contribution in [3.05, 3.63) is 29.3 Å². The summed E-state index contributed by atoms with van der Waals surface area (Å²) in [5.41, 5.74) is 0.462. The molecule has 1 aromatic carbocycles. The van der Waals surface area contributed by atoms with E-state index in [4.69, 9.17) is 15.4 Å². The van der Waals surface area contributed by atoms with E-state index in [2.05, 4.69) is 5.32 Å². The van der Waals surface area contributed by atoms with Gasteiger partial charge in [0.25, 0.3) is 15.0 Å². The molecule has 0 atom stereocenters. The molecule has 21 heavy (non-hydrogen) atoms. The summed E-state index contributed by atoms with van der Waals surface area (Å²) in [6, 6.07) is 4.21. The van der Waals surface area contributed by atoms with Crippen molar-refractivity contribution in [2.75, 3.05) is 13.2 Å². The van der Waals surface area contributed by atoms with Crippen molar-refractivity contribution >= 4 is 25.6 Å². The van der Waals surface area contributed by atoms with Gasteiger partial charge in [-0.3, -0.25) is 4.79 Å². The predicted molar refractivity (Wildman–Crippen MR) is 82.3 cm³/mol. The Morgan fingerprint density at radius 2 is 2.00 bits per heavy atom. The predicted octanol–water partition coefficient (Wildman–Crippen LogP) is 2.47. The Balaban J connectivity index is 2.93. The SMILES string of the molecule is CCOC(C)(C)CNC(=O)c1cc(S(=O)(=O)Cl)ccc1C. The van der Waals surface area contributed by atoms with Crippen LogP contribution in [-0.2, 0) is 13.8 Å². The fraction of sp³-hybridized carbons (Fsp3) is 0.500. The molecule has 0 bridgehead atoms. The van der Waals surface area contributed by atoms with Gasteiger partial charge in [0, 0.05) is 29.4 Å². The van der Waals surface area contributed by atoms with Crippen molar-refractivity contribution < 1.29 is 17.9 Å². The summed E-state index contributed by atoms with van der Waals surface area (Å²) in [4.78, 5) is 12.1. The lowest BCUT2D eigenvalue weighted by molar-refractivity contribution is -0.00816. The minimum atomic E-state index is -3.86. The Hall–Kier alpha value is -1.11. The van der Waals surface area contributed by atoms with Crippen LogP contribution in [0.2, 0.25) is 0 Å². The van der Waals surface area contributed by atoms with Crippen LogP contribution in [0.25, 0.3) is 0 Å². The van der Waals surface area contributed by atoms with Gasteiger partial charge < -0.3 is 10.1 Å². The summed E-state index contributed by atoms with van der Waals surface area (Å²) in [6.07, 6.45) is 0. The van der Waals surface area contributed by atoms with Crippen LogP contribution in [0.4, 0.5) is 0 Å². The molecule has 7 heteroatoms. The van der Waals surface area contributed by atoms with Gasteiger partial charge in [-0.2, -0.15) is 0 Å². The molecule has 5 nitrogen and oxygen atoms in total. The maximum atomic E-state index is 12.2. The third-order valence-corrected chi connectivity index (χ3v) is 4.30. The van der Waals surface area contributed by atoms with E-state index < -0.39 is 14.7 Å². The number of nitrogens with one attached hydrogen (secondary N) is 1. The van der Waals surface area contributed by atoms with Gasteiger partial charge in [-0.1, -0.05) is 6.07 Å². The van der Waals surface area contributed by atoms with Gasteiger partial charge in [0.05, 0.1) is 10.5 Å². The van der Waals surface area contributed by atoms with Crippen LogP contribution in [0.15, 0.2) is 23.1 Å². The van der Waals surface area contributed by atoms with E-state index in [1.165, 1.54) is 12.1 Å². The number of carbonyl (C=O) groups excluding carboxylic acids is 1. The fourth-order valence-electron chi connectivity index (χ4n) is 1.83. The van der Waals surface area contributed by atoms with Crippen LogP contribution in [0.1, 0.15) is 36.7 Å². The van der Waals surface area contributed by atoms with Gasteiger partial charge in [0.15, 0.2) is 0 Å². The van der Waals surface area contributed by atoms with Crippen molar-refractivity contribution in [2.24, 2.45) is 0 Å². The molecular formula is C14H20ClNO4S. The third-order valence-electron chi connectivity index (χ3n) is 2.94. The highest BCUT2D eigenvalue weighted by Gasteiger charge is 2.21. The largest absolute Gasteiger partial charge is 0.374 e. The van der Waals surface area contributed by atoms with Crippen molar-refractivity contribution in [3.63, 3.8) is 0 Å². The molecule has 0 saturated carbocycles. The molecule has 0 unspecified atom stereocenters. The second kappa shape index (κ2) is 6.77. The molecular weight excluding hydrogens is 314 g/mol. The summed E-state index contributed by atoms with van der Waals surface area (Å²) >= 11 is 0. The molecule has 0 fully saturated rings. The van der Waals surface area contributed by atoms with Crippen molar-refractivity contribution in [2.45, 2.75) is 38.2 Å². The zero-order valence-corrected chi connectivity index (χ0v) is 14.1. The lowest BCUT2D eigenvalue weighted by Gasteiger charge is -2.25. The van der Waals surface area contributed by atoms with Gasteiger partial charge in [0.1, 0.15) is 0 Å². The summed E-state index contributed by atoms with van der Waals surface area (Å²) in [6.45, 7) is 8.20. The smallest absolute Gasteiger partial charge is 0.261 e. The van der Waals surface area contributed by atoms with E-state index in [1.807, 2.05) is 20.8 Å². The summed E-state index contributed by atoms with van der Waals surface area (Å²) in [5, 5.41) is 2.74. The molecule has 0 aliphatic carbocycles. The molecule has 118 valence electrons. The van der Waals surface area contributed by atoms with Crippen LogP contribution in [0, 0.1) is 6.92 Å². The number of hydrogen-bond acceptors (Lipinski definition) is 4. The second-order valence-corrected chi connectivity index (χ2v) is 7.86. The van der Waals surface area contributed by atoms with E-state index in [1.54, 1.807) is 13.0 Å². The molecule has 0 radical (unpaired) electrons. The first-order valence-electron chi connectivity index (χ1n) is 6.54. The maximum absolute atomic E-state index is 12.2. The first-order valence-corrected chi connectivity index (χ1v) is 8.85. The first kappa shape index (κ1) is 17.9. The maximum Gasteiger partial charge on any atom is 0.261 e. The highest BCUT2D eigenvalue weighted by Crippen LogP contribution is 2.19. The Labute approximate surface area is 130 Å². The van der Waals surface area contributed by atoms with Gasteiger partial charge in [-0.15, -0.1) is 0 Å². The molecule has 0 spiro atoms. The van der Waals surface area contributed by atoms with E-state index in [0.717, 1.165) is 0 Å². The Kier molecular flexibility index (Phi) is 5.78. The van der Waals surface area contributed by atoms with Crippen LogP contribution >= 0.6 is 10.7 Å². The van der Waals surface area contributed by atoms with Gasteiger partial charge in [0.2, 0.25) is 0 Å². The Bertz CT molecular complexity index is 626. The molecule has 1 aromatic rings. The van der Waals surface area contributed by atoms with Crippen LogP contribution in [-0.4, -0.2) is 33.1 Å². The number of rotatable bonds is 6. The summed E-state index contributed by atoms with van der Waals surface area (Å²) in [5.74, 6) is -0.359. The number of aryl methyl sites for hydroxylation is 1. The minimum absolute atomic E-state index is 0.0935. The second-order valence-electron chi connectivity index (χ2n) is 5.29. The average molecular weight is 334 g/mol. The molecule has 0 heterocycles. The third kappa shape index (κ3) is 5.30. The quantitative estimate of drug-likeness (QED) is 0.812. The Morgan fingerprint density at radius 3 is 2.52 bits per heavy atom. The number of halogens is 1. The molecule has 0 aliphatic heterocycles. The summed E-state index contributed by atoms with van der Waals surface area (Å²) in [7, 11) is 1.44. The molecule has 0 aromatic heterocycles. The number of ether oxygens (including phenoxy) is 1. The molecule has 0 saturated heterocycles. The van der Waals surface area contributed by atoms with E-state index in [9.17, 15) is 13.2 Å². The number of benzene rings is 1. The van der Waals surface area contributed by atoms with Crippen molar-refractivity contribution in [1.82, 2.24) is 5.32 Å². The molecule has 0 aliphatic rings. The van der Waals surface area contributed by atoms with E-state index >= 15 is 0 Å². The number of amides is 1. The number of hydrogen-bond donors (Lipinski definition) is 1. The topological polar surface area (TPSA) is 72.5 Å². The fourth-order valence-corrected chi connectivity index (χ4v) is 2.60. The first-order chi connectivity index (χ1) is 9.57. The zero-order chi connectivity index (χ0) is 16.3. The highest BCUT2D eigenvalue weighted by atomic mass is 35.7. The summed E-state index contributed by atoms with van der Waals surface area (Å²) < 4.78 is 28.2. The van der Waals surface area contributed by atoms with Crippen molar-refractivity contribution in [1.29, 1.82) is 0 Å². The standard InChI is InChI=1S/C14H20ClNO4S/c1-5-20-14(3,4)9-16-13(17)12-8-11(21(15,18)19)7-6-10(12)2/h6-8H,5,9H2,1-4H3,(H,16,17). The molecule has 1 rings (SSSR count). The molecule has 1 N–H and O–H groups in total. The van der Waals surface area contributed by atoms with Gasteiger partial charge in [-0.05, 0) is 45.4 Å². The average Bonchev–Trinajstić information content (AvgIpc) is 2.35. The Morgan fingerprint density at radius 1 is 1.38 bits per heavy atom. The lowest BCUT2D eigenvalue weighted by Crippen LogP contribution is -2.40. The van der Waals surface area contributed by atoms with Crippen LogP contribution in [0.5, 0.6) is 0 Å². The zero-order valence-electron chi connectivity index (χ0n) is 12.6. The van der Waals surface area contributed by atoms with Crippen LogP contribution in [0.3, 0.4) is 0 Å². The molecule has 1 amide bonds. The van der Waals surface area contributed by atoms with E-state index in [-0.39, 0.29) is 16.4 Å². The normalized spacial score (nSPS) is 12.2. The van der Waals surface area contributed by atoms with Crippen LogP contribution < -0.4 is 5.32 Å². The number of carbonyl (C=O) groups is 1. The van der Waals surface area contributed by atoms with Gasteiger partial charge in [-0.25, -0.2) is 8.42 Å². The monoisotopic (exact) mass is 333 g/mol. The van der Waals surface area contributed by atoms with Crippen molar-refractivity contribution in [3.8, 4) is 0 Å².